The standard InChI is InChI=1S/C14H23N3O/c1-11(2)7-15-8-12-9-16-10-14(17-12)18-13-5-3-4-6-13/h9-11,13,15H,3-8H2,1-2H3. The van der Waals surface area contributed by atoms with Gasteiger partial charge in [0, 0.05) is 12.7 Å². The van der Waals surface area contributed by atoms with Gasteiger partial charge in [-0.1, -0.05) is 13.8 Å². The molecule has 4 nitrogen and oxygen atoms in total. The highest BCUT2D eigenvalue weighted by molar-refractivity contribution is 5.09. The maximum absolute atomic E-state index is 5.84. The third kappa shape index (κ3) is 4.26. The minimum Gasteiger partial charge on any atom is -0.473 e. The van der Waals surface area contributed by atoms with Crippen molar-refractivity contribution in [1.82, 2.24) is 15.3 Å². The van der Waals surface area contributed by atoms with Gasteiger partial charge >= 0.3 is 0 Å². The van der Waals surface area contributed by atoms with Gasteiger partial charge in [0.2, 0.25) is 5.88 Å². The van der Waals surface area contributed by atoms with Gasteiger partial charge in [-0.25, -0.2) is 4.98 Å². The molecule has 100 valence electrons. The van der Waals surface area contributed by atoms with Crippen molar-refractivity contribution in [2.24, 2.45) is 5.92 Å². The molecule has 1 aliphatic rings. The van der Waals surface area contributed by atoms with Crippen molar-refractivity contribution in [3.63, 3.8) is 0 Å². The molecule has 1 aromatic rings. The zero-order valence-corrected chi connectivity index (χ0v) is 11.4. The van der Waals surface area contributed by atoms with Gasteiger partial charge in [-0.2, -0.15) is 0 Å². The molecule has 0 atom stereocenters. The van der Waals surface area contributed by atoms with Crippen LogP contribution in [0.25, 0.3) is 0 Å². The number of aromatic nitrogens is 2. The third-order valence-electron chi connectivity index (χ3n) is 3.11. The van der Waals surface area contributed by atoms with Crippen molar-refractivity contribution in [1.29, 1.82) is 0 Å². The maximum Gasteiger partial charge on any atom is 0.232 e. The molecule has 0 amide bonds. The average molecular weight is 249 g/mol. The van der Waals surface area contributed by atoms with Crippen LogP contribution in [0.15, 0.2) is 12.4 Å². The summed E-state index contributed by atoms with van der Waals surface area (Å²) in [5, 5.41) is 3.36. The summed E-state index contributed by atoms with van der Waals surface area (Å²) in [5.41, 5.74) is 0.950. The molecular weight excluding hydrogens is 226 g/mol. The van der Waals surface area contributed by atoms with E-state index in [2.05, 4.69) is 29.1 Å². The number of nitrogens with one attached hydrogen (secondary N) is 1. The highest BCUT2D eigenvalue weighted by atomic mass is 16.5. The predicted octanol–water partition coefficient (Wildman–Crippen LogP) is 2.54. The van der Waals surface area contributed by atoms with Crippen molar-refractivity contribution in [3.05, 3.63) is 18.1 Å². The normalized spacial score (nSPS) is 16.4. The van der Waals surface area contributed by atoms with Crippen LogP contribution >= 0.6 is 0 Å². The number of rotatable bonds is 6. The van der Waals surface area contributed by atoms with Gasteiger partial charge < -0.3 is 10.1 Å². The first kappa shape index (κ1) is 13.3. The molecule has 0 radical (unpaired) electrons. The van der Waals surface area contributed by atoms with Crippen LogP contribution in [0.2, 0.25) is 0 Å². The summed E-state index contributed by atoms with van der Waals surface area (Å²) >= 11 is 0. The molecule has 1 heterocycles. The molecule has 1 N–H and O–H groups in total. The maximum atomic E-state index is 5.84. The average Bonchev–Trinajstić information content (AvgIpc) is 2.82. The van der Waals surface area contributed by atoms with Gasteiger partial charge in [-0.05, 0) is 38.1 Å². The van der Waals surface area contributed by atoms with E-state index in [9.17, 15) is 0 Å². The van der Waals surface area contributed by atoms with E-state index in [1.807, 2.05) is 0 Å². The van der Waals surface area contributed by atoms with E-state index in [0.29, 0.717) is 17.9 Å². The number of ether oxygens (including phenoxy) is 1. The molecule has 18 heavy (non-hydrogen) atoms. The molecule has 1 aliphatic carbocycles. The molecule has 1 fully saturated rings. The second kappa shape index (κ2) is 6.69. The van der Waals surface area contributed by atoms with E-state index in [1.54, 1.807) is 12.4 Å². The molecule has 0 saturated heterocycles. The van der Waals surface area contributed by atoms with Gasteiger partial charge in [0.25, 0.3) is 0 Å². The van der Waals surface area contributed by atoms with Crippen LogP contribution in [0.5, 0.6) is 5.88 Å². The van der Waals surface area contributed by atoms with Crippen LogP contribution < -0.4 is 10.1 Å². The summed E-state index contributed by atoms with van der Waals surface area (Å²) in [5.74, 6) is 1.32. The van der Waals surface area contributed by atoms with Gasteiger partial charge in [0.1, 0.15) is 6.10 Å². The Morgan fingerprint density at radius 1 is 1.33 bits per heavy atom. The lowest BCUT2D eigenvalue weighted by Gasteiger charge is -2.12. The van der Waals surface area contributed by atoms with Crippen LogP contribution in [0.3, 0.4) is 0 Å². The minimum absolute atomic E-state index is 0.346. The van der Waals surface area contributed by atoms with Gasteiger partial charge in [0.05, 0.1) is 11.9 Å². The quantitative estimate of drug-likeness (QED) is 0.841. The Kier molecular flexibility index (Phi) is 4.93. The molecular formula is C14H23N3O. The van der Waals surface area contributed by atoms with Crippen molar-refractivity contribution < 1.29 is 4.74 Å². The molecule has 1 aromatic heterocycles. The van der Waals surface area contributed by atoms with Crippen molar-refractivity contribution >= 4 is 0 Å². The number of hydrogen-bond donors (Lipinski definition) is 1. The van der Waals surface area contributed by atoms with Crippen LogP contribution in [-0.2, 0) is 6.54 Å². The number of hydrogen-bond acceptors (Lipinski definition) is 4. The van der Waals surface area contributed by atoms with Crippen molar-refractivity contribution in [2.45, 2.75) is 52.2 Å². The lowest BCUT2D eigenvalue weighted by atomic mass is 10.2. The summed E-state index contributed by atoms with van der Waals surface area (Å²) < 4.78 is 5.84. The monoisotopic (exact) mass is 249 g/mol. The van der Waals surface area contributed by atoms with Crippen LogP contribution in [-0.4, -0.2) is 22.6 Å². The summed E-state index contributed by atoms with van der Waals surface area (Å²) in [7, 11) is 0. The summed E-state index contributed by atoms with van der Waals surface area (Å²) in [4.78, 5) is 8.68. The Morgan fingerprint density at radius 3 is 2.83 bits per heavy atom. The van der Waals surface area contributed by atoms with Gasteiger partial charge in [0.15, 0.2) is 0 Å². The predicted molar refractivity (Wildman–Crippen MR) is 71.5 cm³/mol. The Bertz CT molecular complexity index is 362. The summed E-state index contributed by atoms with van der Waals surface area (Å²) in [6.45, 7) is 6.14. The minimum atomic E-state index is 0.346. The molecule has 1 saturated carbocycles. The van der Waals surface area contributed by atoms with E-state index in [-0.39, 0.29) is 0 Å². The van der Waals surface area contributed by atoms with Crippen LogP contribution in [0.1, 0.15) is 45.2 Å². The third-order valence-corrected chi connectivity index (χ3v) is 3.11. The Labute approximate surface area is 109 Å². The van der Waals surface area contributed by atoms with Crippen molar-refractivity contribution in [3.8, 4) is 5.88 Å². The number of nitrogens with zero attached hydrogens (tertiary/aromatic N) is 2. The Balaban J connectivity index is 1.84. The molecule has 2 rings (SSSR count). The first-order valence-corrected chi connectivity index (χ1v) is 6.92. The Hall–Kier alpha value is -1.16. The summed E-state index contributed by atoms with van der Waals surface area (Å²) in [6.07, 6.45) is 8.70. The lowest BCUT2D eigenvalue weighted by Crippen LogP contribution is -2.20. The molecule has 0 spiro atoms. The van der Waals surface area contributed by atoms with Crippen molar-refractivity contribution in [2.75, 3.05) is 6.54 Å². The smallest absolute Gasteiger partial charge is 0.232 e. The fourth-order valence-corrected chi connectivity index (χ4v) is 2.19. The topological polar surface area (TPSA) is 47.0 Å². The fraction of sp³-hybridized carbons (Fsp3) is 0.714. The molecule has 0 aliphatic heterocycles. The molecule has 0 aromatic carbocycles. The highest BCUT2D eigenvalue weighted by Crippen LogP contribution is 2.22. The first-order valence-electron chi connectivity index (χ1n) is 6.92. The van der Waals surface area contributed by atoms with Crippen LogP contribution in [0.4, 0.5) is 0 Å². The zero-order valence-electron chi connectivity index (χ0n) is 11.4. The van der Waals surface area contributed by atoms with Crippen LogP contribution in [0, 0.1) is 5.92 Å². The van der Waals surface area contributed by atoms with E-state index >= 15 is 0 Å². The Morgan fingerprint density at radius 2 is 2.11 bits per heavy atom. The first-order chi connectivity index (χ1) is 8.74. The van der Waals surface area contributed by atoms with E-state index in [4.69, 9.17) is 4.74 Å². The zero-order chi connectivity index (χ0) is 12.8. The van der Waals surface area contributed by atoms with E-state index in [0.717, 1.165) is 31.6 Å². The highest BCUT2D eigenvalue weighted by Gasteiger charge is 2.17. The van der Waals surface area contributed by atoms with Gasteiger partial charge in [-0.3, -0.25) is 4.98 Å². The van der Waals surface area contributed by atoms with E-state index < -0.39 is 0 Å². The molecule has 0 unspecified atom stereocenters. The second-order valence-electron chi connectivity index (χ2n) is 5.40. The second-order valence-corrected chi connectivity index (χ2v) is 5.40. The SMILES string of the molecule is CC(C)CNCc1cncc(OC2CCCC2)n1. The fourth-order valence-electron chi connectivity index (χ4n) is 2.19. The summed E-state index contributed by atoms with van der Waals surface area (Å²) in [6, 6.07) is 0. The van der Waals surface area contributed by atoms with E-state index in [1.165, 1.54) is 12.8 Å². The lowest BCUT2D eigenvalue weighted by molar-refractivity contribution is 0.200. The largest absolute Gasteiger partial charge is 0.473 e. The molecule has 4 heteroatoms. The van der Waals surface area contributed by atoms with Gasteiger partial charge in [-0.15, -0.1) is 0 Å². The molecule has 0 bridgehead atoms.